The number of benzene rings is 1. The molecule has 0 aliphatic carbocycles. The van der Waals surface area contributed by atoms with Crippen LogP contribution in [0.5, 0.6) is 0 Å². The summed E-state index contributed by atoms with van der Waals surface area (Å²) in [5.74, 6) is 0. The topological polar surface area (TPSA) is 3.24 Å². The first kappa shape index (κ1) is 15.1. The van der Waals surface area contributed by atoms with E-state index in [9.17, 15) is 0 Å². The minimum absolute atomic E-state index is 0.624. The zero-order chi connectivity index (χ0) is 12.8. The molecule has 1 rings (SSSR count). The van der Waals surface area contributed by atoms with Crippen LogP contribution < -0.4 is 3.27 Å². The predicted octanol–water partition coefficient (Wildman–Crippen LogP) is 3.44. The molecule has 0 amide bonds. The van der Waals surface area contributed by atoms with E-state index in [0.29, 0.717) is 6.04 Å². The minimum atomic E-state index is -1.35. The molecule has 1 nitrogen and oxygen atoms in total. The Bertz CT molecular complexity index is 331. The Balaban J connectivity index is 3.10. The van der Waals surface area contributed by atoms with Crippen molar-refractivity contribution in [1.82, 2.24) is 4.90 Å². The Morgan fingerprint density at radius 2 is 1.65 bits per heavy atom. The molecule has 0 aliphatic rings. The third-order valence-corrected chi connectivity index (χ3v) is 8.75. The third kappa shape index (κ3) is 3.76. The van der Waals surface area contributed by atoms with Gasteiger partial charge in [0.05, 0.1) is 0 Å². The van der Waals surface area contributed by atoms with Crippen LogP contribution in [0, 0.1) is 0 Å². The monoisotopic (exact) mass is 429 g/mol. The quantitative estimate of drug-likeness (QED) is 0.627. The van der Waals surface area contributed by atoms with Gasteiger partial charge in [-0.15, -0.1) is 0 Å². The fourth-order valence-corrected chi connectivity index (χ4v) is 6.89. The van der Waals surface area contributed by atoms with Crippen LogP contribution in [0.15, 0.2) is 24.3 Å². The molecule has 96 valence electrons. The molecule has 0 radical (unpaired) electrons. The second-order valence-electron chi connectivity index (χ2n) is 4.60. The number of rotatable bonds is 6. The molecule has 0 saturated carbocycles. The fraction of sp³-hybridized carbons (Fsp3) is 0.600. The molecule has 17 heavy (non-hydrogen) atoms. The summed E-state index contributed by atoms with van der Waals surface area (Å²) in [7, 11) is 0. The van der Waals surface area contributed by atoms with E-state index in [1.54, 1.807) is 8.83 Å². The summed E-state index contributed by atoms with van der Waals surface area (Å²) < 4.78 is 6.69. The third-order valence-electron chi connectivity index (χ3n) is 3.42. The van der Waals surface area contributed by atoms with Crippen molar-refractivity contribution in [3.63, 3.8) is 0 Å². The van der Waals surface area contributed by atoms with E-state index in [-0.39, 0.29) is 0 Å². The number of hydrogen-bond donors (Lipinski definition) is 0. The first-order valence-corrected chi connectivity index (χ1v) is 15.3. The zero-order valence-corrected chi connectivity index (χ0v) is 15.4. The summed E-state index contributed by atoms with van der Waals surface area (Å²) in [5, 5.41) is 0. The maximum atomic E-state index is 2.59. The molecule has 0 heterocycles. The van der Waals surface area contributed by atoms with Crippen LogP contribution in [0.4, 0.5) is 0 Å². The van der Waals surface area contributed by atoms with Gasteiger partial charge in [0.15, 0.2) is 0 Å². The molecule has 0 aromatic heterocycles. The molecule has 0 aliphatic heterocycles. The van der Waals surface area contributed by atoms with Gasteiger partial charge in [-0.1, -0.05) is 0 Å². The summed E-state index contributed by atoms with van der Waals surface area (Å²) in [5.41, 5.74) is 1.61. The van der Waals surface area contributed by atoms with Gasteiger partial charge in [0.2, 0.25) is 0 Å². The Labute approximate surface area is 115 Å². The molecular weight excluding hydrogens is 403 g/mol. The van der Waals surface area contributed by atoms with Crippen molar-refractivity contribution in [3.05, 3.63) is 29.8 Å². The van der Waals surface area contributed by atoms with Gasteiger partial charge in [0.25, 0.3) is 0 Å². The molecule has 2 heteroatoms. The van der Waals surface area contributed by atoms with Crippen LogP contribution in [0.25, 0.3) is 0 Å². The van der Waals surface area contributed by atoms with Gasteiger partial charge >= 0.3 is 115 Å². The van der Waals surface area contributed by atoms with E-state index in [1.165, 1.54) is 6.42 Å². The van der Waals surface area contributed by atoms with Gasteiger partial charge in [-0.2, -0.15) is 0 Å². The van der Waals surface area contributed by atoms with E-state index >= 15 is 0 Å². The Morgan fingerprint density at radius 1 is 1.06 bits per heavy atom. The second kappa shape index (κ2) is 7.49. The predicted molar refractivity (Wildman–Crippen MR) is 79.5 cm³/mol. The van der Waals surface area contributed by atoms with Crippen molar-refractivity contribution in [2.75, 3.05) is 13.1 Å². The molecule has 1 unspecified atom stereocenters. The van der Waals surface area contributed by atoms with Crippen LogP contribution >= 0.6 is 0 Å². The molecule has 1 aromatic rings. The van der Waals surface area contributed by atoms with Gasteiger partial charge in [-0.05, 0) is 0 Å². The molecule has 0 saturated heterocycles. The van der Waals surface area contributed by atoms with E-state index in [2.05, 4.69) is 59.2 Å². The number of nitrogens with zero attached hydrogens (tertiary/aromatic N) is 1. The van der Waals surface area contributed by atoms with Crippen LogP contribution in [0.1, 0.15) is 38.8 Å². The second-order valence-corrected chi connectivity index (χ2v) is 13.4. The van der Waals surface area contributed by atoms with Crippen LogP contribution in [-0.2, 0) is 0 Å². The van der Waals surface area contributed by atoms with Gasteiger partial charge in [0.1, 0.15) is 0 Å². The zero-order valence-electron chi connectivity index (χ0n) is 11.9. The van der Waals surface area contributed by atoms with Crippen LogP contribution in [0.3, 0.4) is 0 Å². The van der Waals surface area contributed by atoms with Crippen LogP contribution in [0.2, 0.25) is 9.26 Å². The molecular formula is C15H26BiN. The van der Waals surface area contributed by atoms with E-state index < -0.39 is 21.8 Å². The summed E-state index contributed by atoms with van der Waals surface area (Å²) in [4.78, 5) is 2.59. The summed E-state index contributed by atoms with van der Waals surface area (Å²) in [6.07, 6.45) is 1.22. The molecule has 0 N–H and O–H groups in total. The summed E-state index contributed by atoms with van der Waals surface area (Å²) in [6, 6.07) is 9.77. The van der Waals surface area contributed by atoms with Crippen molar-refractivity contribution in [1.29, 1.82) is 0 Å². The normalized spacial score (nSPS) is 13.4. The van der Waals surface area contributed by atoms with E-state index in [1.807, 2.05) is 0 Å². The molecule has 1 atom stereocenters. The van der Waals surface area contributed by atoms with E-state index in [4.69, 9.17) is 0 Å². The molecule has 0 fully saturated rings. The van der Waals surface area contributed by atoms with Crippen molar-refractivity contribution in [2.24, 2.45) is 0 Å². The SMILES string of the molecule is CCC(c1cccc[c]1[Bi]([CH3])[CH3])N(CC)CC. The van der Waals surface area contributed by atoms with Crippen molar-refractivity contribution in [2.45, 2.75) is 42.5 Å². The van der Waals surface area contributed by atoms with Gasteiger partial charge < -0.3 is 0 Å². The van der Waals surface area contributed by atoms with Crippen LogP contribution in [-0.4, -0.2) is 39.7 Å². The number of hydrogen-bond acceptors (Lipinski definition) is 1. The van der Waals surface area contributed by atoms with Gasteiger partial charge in [0, 0.05) is 0 Å². The summed E-state index contributed by atoms with van der Waals surface area (Å²) >= 11 is -1.35. The first-order chi connectivity index (χ1) is 8.15. The average Bonchev–Trinajstić information content (AvgIpc) is 2.35. The van der Waals surface area contributed by atoms with Gasteiger partial charge in [-0.25, -0.2) is 0 Å². The van der Waals surface area contributed by atoms with Crippen molar-refractivity contribution < 1.29 is 0 Å². The van der Waals surface area contributed by atoms with Crippen molar-refractivity contribution in [3.8, 4) is 0 Å². The van der Waals surface area contributed by atoms with Crippen molar-refractivity contribution >= 4 is 25.0 Å². The standard InChI is InChI=1S/C13H20N.2CH3.Bi/c1-4-13(14(5-2)6-3)12-10-8-7-9-11-12;;;/h7-10,13H,4-6H2,1-3H3;2*1H3;. The first-order valence-electron chi connectivity index (χ1n) is 6.65. The van der Waals surface area contributed by atoms with Gasteiger partial charge in [-0.3, -0.25) is 0 Å². The fourth-order valence-electron chi connectivity index (χ4n) is 2.52. The summed E-state index contributed by atoms with van der Waals surface area (Å²) in [6.45, 7) is 9.15. The Kier molecular flexibility index (Phi) is 6.66. The molecule has 0 spiro atoms. The van der Waals surface area contributed by atoms with E-state index in [0.717, 1.165) is 13.1 Å². The molecule has 0 bridgehead atoms. The molecule has 1 aromatic carbocycles. The maximum absolute atomic E-state index is 2.59. The average molecular weight is 429 g/mol. The Hall–Kier alpha value is 0.0631. The Morgan fingerprint density at radius 3 is 2.12 bits per heavy atom.